The second-order valence-electron chi connectivity index (χ2n) is 3.09. The van der Waals surface area contributed by atoms with Gasteiger partial charge in [0.25, 0.3) is 0 Å². The number of benzene rings is 1. The Morgan fingerprint density at radius 2 is 2.19 bits per heavy atom. The van der Waals surface area contributed by atoms with Gasteiger partial charge in [-0.15, -0.1) is 6.42 Å². The fraction of sp³-hybridized carbons (Fsp3) is 0.182. The lowest BCUT2D eigenvalue weighted by molar-refractivity contribution is 0.585. The minimum atomic E-state index is -3.70. The van der Waals surface area contributed by atoms with Crippen molar-refractivity contribution in [1.82, 2.24) is 4.72 Å². The Hall–Kier alpha value is -1.82. The maximum atomic E-state index is 11.8. The van der Waals surface area contributed by atoms with E-state index in [0.29, 0.717) is 5.56 Å². The smallest absolute Gasteiger partial charge is 0.207 e. The lowest BCUT2D eigenvalue weighted by Gasteiger charge is -2.07. The molecule has 0 unspecified atom stereocenters. The van der Waals surface area contributed by atoms with Crippen LogP contribution in [0.5, 0.6) is 0 Å². The molecule has 1 N–H and O–H groups in total. The molecule has 16 heavy (non-hydrogen) atoms. The van der Waals surface area contributed by atoms with E-state index in [4.69, 9.17) is 11.7 Å². The molecule has 0 saturated heterocycles. The van der Waals surface area contributed by atoms with Gasteiger partial charge in [-0.2, -0.15) is 9.98 Å². The average molecular weight is 234 g/mol. The number of terminal acetylenes is 1. The molecule has 1 aromatic carbocycles. The molecule has 82 valence electrons. The van der Waals surface area contributed by atoms with Crippen LogP contribution in [0, 0.1) is 30.6 Å². The fourth-order valence-corrected chi connectivity index (χ4v) is 2.38. The van der Waals surface area contributed by atoms with Crippen molar-refractivity contribution in [2.75, 3.05) is 6.54 Å². The van der Waals surface area contributed by atoms with Crippen LogP contribution in [0.25, 0.3) is 0 Å². The lowest BCUT2D eigenvalue weighted by Crippen LogP contribution is -2.24. The SMILES string of the molecule is C#CCNS(=O)(=O)c1cccc(C)c1C#N. The van der Waals surface area contributed by atoms with Crippen LogP contribution in [-0.2, 0) is 10.0 Å². The van der Waals surface area contributed by atoms with E-state index >= 15 is 0 Å². The molecule has 0 atom stereocenters. The van der Waals surface area contributed by atoms with E-state index < -0.39 is 10.0 Å². The monoisotopic (exact) mass is 234 g/mol. The molecule has 0 heterocycles. The summed E-state index contributed by atoms with van der Waals surface area (Å²) in [5, 5.41) is 8.91. The van der Waals surface area contributed by atoms with Gasteiger partial charge in [0.15, 0.2) is 0 Å². The third-order valence-electron chi connectivity index (χ3n) is 2.00. The molecule has 0 aliphatic heterocycles. The van der Waals surface area contributed by atoms with E-state index in [1.54, 1.807) is 19.1 Å². The van der Waals surface area contributed by atoms with E-state index in [-0.39, 0.29) is 17.0 Å². The Labute approximate surface area is 95.0 Å². The summed E-state index contributed by atoms with van der Waals surface area (Å²) in [5.74, 6) is 2.17. The van der Waals surface area contributed by atoms with Crippen LogP contribution in [0.15, 0.2) is 23.1 Å². The zero-order chi connectivity index (χ0) is 12.2. The highest BCUT2D eigenvalue weighted by Gasteiger charge is 2.18. The van der Waals surface area contributed by atoms with Crippen LogP contribution in [0.3, 0.4) is 0 Å². The molecule has 0 aliphatic carbocycles. The maximum Gasteiger partial charge on any atom is 0.242 e. The zero-order valence-electron chi connectivity index (χ0n) is 8.69. The summed E-state index contributed by atoms with van der Waals surface area (Å²) < 4.78 is 25.7. The summed E-state index contributed by atoms with van der Waals surface area (Å²) in [5.41, 5.74) is 0.762. The largest absolute Gasteiger partial charge is 0.242 e. The van der Waals surface area contributed by atoms with Crippen molar-refractivity contribution >= 4 is 10.0 Å². The molecule has 0 bridgehead atoms. The van der Waals surface area contributed by atoms with E-state index in [2.05, 4.69) is 10.6 Å². The van der Waals surface area contributed by atoms with Crippen LogP contribution >= 0.6 is 0 Å². The van der Waals surface area contributed by atoms with Gasteiger partial charge < -0.3 is 0 Å². The normalized spacial score (nSPS) is 10.4. The number of nitrogens with zero attached hydrogens (tertiary/aromatic N) is 1. The summed E-state index contributed by atoms with van der Waals surface area (Å²) in [6.45, 7) is 1.58. The third-order valence-corrected chi connectivity index (χ3v) is 3.44. The van der Waals surface area contributed by atoms with Crippen LogP contribution in [-0.4, -0.2) is 15.0 Å². The second-order valence-corrected chi connectivity index (χ2v) is 4.82. The molecular weight excluding hydrogens is 224 g/mol. The van der Waals surface area contributed by atoms with Crippen LogP contribution < -0.4 is 4.72 Å². The van der Waals surface area contributed by atoms with Gasteiger partial charge in [-0.25, -0.2) is 8.42 Å². The molecule has 0 spiro atoms. The number of hydrogen-bond acceptors (Lipinski definition) is 3. The highest BCUT2D eigenvalue weighted by atomic mass is 32.2. The van der Waals surface area contributed by atoms with E-state index in [1.165, 1.54) is 6.07 Å². The highest BCUT2D eigenvalue weighted by molar-refractivity contribution is 7.89. The van der Waals surface area contributed by atoms with Crippen molar-refractivity contribution in [2.45, 2.75) is 11.8 Å². The van der Waals surface area contributed by atoms with Crippen molar-refractivity contribution in [3.05, 3.63) is 29.3 Å². The minimum absolute atomic E-state index is 0.0368. The zero-order valence-corrected chi connectivity index (χ0v) is 9.50. The molecule has 5 heteroatoms. The van der Waals surface area contributed by atoms with E-state index in [0.717, 1.165) is 0 Å². The first kappa shape index (κ1) is 12.3. The number of hydrogen-bond donors (Lipinski definition) is 1. The van der Waals surface area contributed by atoms with Crippen molar-refractivity contribution in [1.29, 1.82) is 5.26 Å². The van der Waals surface area contributed by atoms with Gasteiger partial charge in [0.1, 0.15) is 11.0 Å². The predicted molar refractivity (Wildman–Crippen MR) is 59.9 cm³/mol. The first-order valence-corrected chi connectivity index (χ1v) is 5.94. The van der Waals surface area contributed by atoms with E-state index in [1.807, 2.05) is 6.07 Å². The van der Waals surface area contributed by atoms with Gasteiger partial charge >= 0.3 is 0 Å². The molecule has 1 aromatic rings. The molecule has 4 nitrogen and oxygen atoms in total. The Morgan fingerprint density at radius 3 is 2.75 bits per heavy atom. The molecular formula is C11H10N2O2S. The van der Waals surface area contributed by atoms with Crippen molar-refractivity contribution in [3.8, 4) is 18.4 Å². The maximum absolute atomic E-state index is 11.8. The topological polar surface area (TPSA) is 70.0 Å². The van der Waals surface area contributed by atoms with Crippen molar-refractivity contribution in [3.63, 3.8) is 0 Å². The molecule has 0 radical (unpaired) electrons. The summed E-state index contributed by atoms with van der Waals surface area (Å²) in [6.07, 6.45) is 4.97. The number of sulfonamides is 1. The summed E-state index contributed by atoms with van der Waals surface area (Å²) in [7, 11) is -3.70. The number of nitriles is 1. The Kier molecular flexibility index (Phi) is 3.68. The molecule has 1 rings (SSSR count). The van der Waals surface area contributed by atoms with Gasteiger partial charge in [0.05, 0.1) is 12.1 Å². The van der Waals surface area contributed by atoms with Crippen LogP contribution in [0.2, 0.25) is 0 Å². The summed E-state index contributed by atoms with van der Waals surface area (Å²) in [4.78, 5) is -0.0368. The summed E-state index contributed by atoms with van der Waals surface area (Å²) in [6, 6.07) is 6.52. The number of nitrogens with one attached hydrogen (secondary N) is 1. The highest BCUT2D eigenvalue weighted by Crippen LogP contribution is 2.17. The average Bonchev–Trinajstić information content (AvgIpc) is 2.26. The van der Waals surface area contributed by atoms with Gasteiger partial charge in [-0.05, 0) is 18.6 Å². The molecule has 0 amide bonds. The Balaban J connectivity index is 3.31. The molecule has 0 aromatic heterocycles. The van der Waals surface area contributed by atoms with E-state index in [9.17, 15) is 8.42 Å². The number of rotatable bonds is 3. The third kappa shape index (κ3) is 2.40. The second kappa shape index (κ2) is 4.80. The van der Waals surface area contributed by atoms with Gasteiger partial charge in [0.2, 0.25) is 10.0 Å². The van der Waals surface area contributed by atoms with Gasteiger partial charge in [-0.3, -0.25) is 0 Å². The van der Waals surface area contributed by atoms with Gasteiger partial charge in [0, 0.05) is 0 Å². The van der Waals surface area contributed by atoms with Crippen LogP contribution in [0.1, 0.15) is 11.1 Å². The number of aryl methyl sites for hydroxylation is 1. The molecule has 0 saturated carbocycles. The molecule has 0 aliphatic rings. The quantitative estimate of drug-likeness (QED) is 0.786. The van der Waals surface area contributed by atoms with Crippen LogP contribution in [0.4, 0.5) is 0 Å². The molecule has 0 fully saturated rings. The fourth-order valence-electron chi connectivity index (χ4n) is 1.22. The Bertz CT molecular complexity index is 577. The first-order valence-electron chi connectivity index (χ1n) is 4.45. The van der Waals surface area contributed by atoms with Gasteiger partial charge in [-0.1, -0.05) is 18.1 Å². The van der Waals surface area contributed by atoms with Crippen molar-refractivity contribution < 1.29 is 8.42 Å². The van der Waals surface area contributed by atoms with Crippen molar-refractivity contribution in [2.24, 2.45) is 0 Å². The summed E-state index contributed by atoms with van der Waals surface area (Å²) >= 11 is 0. The lowest BCUT2D eigenvalue weighted by atomic mass is 10.1. The predicted octanol–water partition coefficient (Wildman–Crippen LogP) is 0.778. The minimum Gasteiger partial charge on any atom is -0.207 e. The standard InChI is InChI=1S/C11H10N2O2S/c1-3-7-13-16(14,15)11-6-4-5-9(2)10(11)8-12/h1,4-6,13H,7H2,2H3. The first-order chi connectivity index (χ1) is 7.53. The Morgan fingerprint density at radius 1 is 1.50 bits per heavy atom.